The Bertz CT molecular complexity index is 144. The summed E-state index contributed by atoms with van der Waals surface area (Å²) in [5.41, 5.74) is 0. The first-order chi connectivity index (χ1) is 5.85. The summed E-state index contributed by atoms with van der Waals surface area (Å²) in [7, 11) is 0. The van der Waals surface area contributed by atoms with Gasteiger partial charge in [0, 0.05) is 6.42 Å². The number of allylic oxidation sites excluding steroid dienone is 1. The van der Waals surface area contributed by atoms with Crippen LogP contribution in [0.1, 0.15) is 26.2 Å². The lowest BCUT2D eigenvalue weighted by Crippen LogP contribution is -2.17. The standard InChI is InChI=1S/C11H19N/c1-4-7-11(8-5-2)9-10-12-6-3/h1,5,11-12H,2,6-10H2,3H3. The van der Waals surface area contributed by atoms with Gasteiger partial charge in [-0.15, -0.1) is 18.9 Å². The summed E-state index contributed by atoms with van der Waals surface area (Å²) in [5, 5.41) is 3.29. The lowest BCUT2D eigenvalue weighted by atomic mass is 9.98. The van der Waals surface area contributed by atoms with E-state index in [1.165, 1.54) is 0 Å². The molecule has 0 aromatic heterocycles. The third kappa shape index (κ3) is 6.00. The third-order valence-electron chi connectivity index (χ3n) is 1.89. The average Bonchev–Trinajstić information content (AvgIpc) is 2.06. The lowest BCUT2D eigenvalue weighted by Gasteiger charge is -2.11. The second-order valence-electron chi connectivity index (χ2n) is 2.94. The van der Waals surface area contributed by atoms with Crippen LogP contribution in [0.2, 0.25) is 0 Å². The van der Waals surface area contributed by atoms with Gasteiger partial charge in [-0.3, -0.25) is 0 Å². The van der Waals surface area contributed by atoms with Crippen LogP contribution in [-0.4, -0.2) is 13.1 Å². The van der Waals surface area contributed by atoms with E-state index in [9.17, 15) is 0 Å². The fraction of sp³-hybridized carbons (Fsp3) is 0.636. The molecule has 12 heavy (non-hydrogen) atoms. The molecule has 1 unspecified atom stereocenters. The van der Waals surface area contributed by atoms with Crippen molar-refractivity contribution in [2.24, 2.45) is 5.92 Å². The van der Waals surface area contributed by atoms with Crippen molar-refractivity contribution in [2.45, 2.75) is 26.2 Å². The first-order valence-corrected chi connectivity index (χ1v) is 4.60. The van der Waals surface area contributed by atoms with E-state index in [0.717, 1.165) is 32.4 Å². The lowest BCUT2D eigenvalue weighted by molar-refractivity contribution is 0.483. The quantitative estimate of drug-likeness (QED) is 0.346. The van der Waals surface area contributed by atoms with Crippen LogP contribution < -0.4 is 5.32 Å². The summed E-state index contributed by atoms with van der Waals surface area (Å²) >= 11 is 0. The molecule has 1 heteroatoms. The van der Waals surface area contributed by atoms with E-state index in [-0.39, 0.29) is 0 Å². The largest absolute Gasteiger partial charge is 0.317 e. The Morgan fingerprint density at radius 2 is 2.42 bits per heavy atom. The highest BCUT2D eigenvalue weighted by molar-refractivity contribution is 4.89. The molecule has 0 heterocycles. The van der Waals surface area contributed by atoms with Gasteiger partial charge in [0.05, 0.1) is 0 Å². The van der Waals surface area contributed by atoms with Crippen LogP contribution in [0.5, 0.6) is 0 Å². The minimum absolute atomic E-state index is 0.617. The summed E-state index contributed by atoms with van der Waals surface area (Å²) in [5.74, 6) is 3.32. The SMILES string of the molecule is C#CCC(CC=C)CCNCC. The minimum Gasteiger partial charge on any atom is -0.317 e. The summed E-state index contributed by atoms with van der Waals surface area (Å²) in [4.78, 5) is 0. The molecule has 0 saturated carbocycles. The maximum Gasteiger partial charge on any atom is 0.0118 e. The van der Waals surface area contributed by atoms with Crippen molar-refractivity contribution >= 4 is 0 Å². The van der Waals surface area contributed by atoms with Crippen molar-refractivity contribution in [3.8, 4) is 12.3 Å². The molecule has 0 saturated heterocycles. The highest BCUT2D eigenvalue weighted by Crippen LogP contribution is 2.12. The van der Waals surface area contributed by atoms with Crippen LogP contribution >= 0.6 is 0 Å². The van der Waals surface area contributed by atoms with Crippen LogP contribution in [-0.2, 0) is 0 Å². The Morgan fingerprint density at radius 1 is 1.67 bits per heavy atom. The van der Waals surface area contributed by atoms with Crippen LogP contribution in [0, 0.1) is 18.3 Å². The second-order valence-corrected chi connectivity index (χ2v) is 2.94. The van der Waals surface area contributed by atoms with Gasteiger partial charge in [0.1, 0.15) is 0 Å². The van der Waals surface area contributed by atoms with Crippen LogP contribution in [0.3, 0.4) is 0 Å². The highest BCUT2D eigenvalue weighted by Gasteiger charge is 2.03. The molecule has 0 spiro atoms. The molecular formula is C11H19N. The van der Waals surface area contributed by atoms with E-state index < -0.39 is 0 Å². The molecule has 0 aromatic carbocycles. The Labute approximate surface area is 76.2 Å². The first kappa shape index (κ1) is 11.3. The molecule has 0 aliphatic rings. The van der Waals surface area contributed by atoms with Gasteiger partial charge in [-0.2, -0.15) is 0 Å². The molecule has 0 aromatic rings. The maximum absolute atomic E-state index is 5.26. The smallest absolute Gasteiger partial charge is 0.0118 e. The molecule has 1 atom stereocenters. The summed E-state index contributed by atoms with van der Waals surface area (Å²) in [6, 6.07) is 0. The molecular weight excluding hydrogens is 146 g/mol. The molecule has 0 fully saturated rings. The maximum atomic E-state index is 5.26. The molecule has 68 valence electrons. The van der Waals surface area contributed by atoms with Crippen molar-refractivity contribution < 1.29 is 0 Å². The molecule has 0 rings (SSSR count). The Kier molecular flexibility index (Phi) is 7.84. The van der Waals surface area contributed by atoms with E-state index in [1.807, 2.05) is 6.08 Å². The zero-order valence-electron chi connectivity index (χ0n) is 7.97. The average molecular weight is 165 g/mol. The van der Waals surface area contributed by atoms with Crippen LogP contribution in [0.15, 0.2) is 12.7 Å². The number of nitrogens with one attached hydrogen (secondary N) is 1. The van der Waals surface area contributed by atoms with Crippen molar-refractivity contribution in [3.05, 3.63) is 12.7 Å². The Morgan fingerprint density at radius 3 is 2.92 bits per heavy atom. The summed E-state index contributed by atoms with van der Waals surface area (Å²) in [6.45, 7) is 7.94. The number of rotatable bonds is 7. The normalized spacial score (nSPS) is 12.0. The van der Waals surface area contributed by atoms with Crippen LogP contribution in [0.25, 0.3) is 0 Å². The molecule has 1 N–H and O–H groups in total. The molecule has 0 amide bonds. The summed E-state index contributed by atoms with van der Waals surface area (Å²) in [6.07, 6.45) is 10.3. The van der Waals surface area contributed by atoms with Gasteiger partial charge in [0.2, 0.25) is 0 Å². The number of terminal acetylenes is 1. The van der Waals surface area contributed by atoms with Gasteiger partial charge in [-0.25, -0.2) is 0 Å². The monoisotopic (exact) mass is 165 g/mol. The minimum atomic E-state index is 0.617. The zero-order valence-corrected chi connectivity index (χ0v) is 7.97. The van der Waals surface area contributed by atoms with Crippen molar-refractivity contribution in [2.75, 3.05) is 13.1 Å². The Balaban J connectivity index is 3.49. The van der Waals surface area contributed by atoms with Crippen molar-refractivity contribution in [3.63, 3.8) is 0 Å². The van der Waals surface area contributed by atoms with E-state index >= 15 is 0 Å². The molecule has 0 aliphatic heterocycles. The van der Waals surface area contributed by atoms with E-state index in [0.29, 0.717) is 5.92 Å². The first-order valence-electron chi connectivity index (χ1n) is 4.60. The number of hydrogen-bond acceptors (Lipinski definition) is 1. The van der Waals surface area contributed by atoms with Gasteiger partial charge >= 0.3 is 0 Å². The van der Waals surface area contributed by atoms with E-state index in [1.54, 1.807) is 0 Å². The van der Waals surface area contributed by atoms with Crippen molar-refractivity contribution in [1.29, 1.82) is 0 Å². The van der Waals surface area contributed by atoms with Crippen LogP contribution in [0.4, 0.5) is 0 Å². The third-order valence-corrected chi connectivity index (χ3v) is 1.89. The number of hydrogen-bond donors (Lipinski definition) is 1. The highest BCUT2D eigenvalue weighted by atomic mass is 14.8. The van der Waals surface area contributed by atoms with Gasteiger partial charge in [0.15, 0.2) is 0 Å². The predicted molar refractivity (Wildman–Crippen MR) is 54.9 cm³/mol. The predicted octanol–water partition coefficient (Wildman–Crippen LogP) is 2.20. The van der Waals surface area contributed by atoms with E-state index in [4.69, 9.17) is 6.42 Å². The second kappa shape index (κ2) is 8.36. The van der Waals surface area contributed by atoms with E-state index in [2.05, 4.69) is 24.7 Å². The fourth-order valence-corrected chi connectivity index (χ4v) is 1.19. The van der Waals surface area contributed by atoms with Gasteiger partial charge in [-0.05, 0) is 31.8 Å². The zero-order chi connectivity index (χ0) is 9.23. The van der Waals surface area contributed by atoms with Gasteiger partial charge < -0.3 is 5.32 Å². The molecule has 0 bridgehead atoms. The Hall–Kier alpha value is -0.740. The molecule has 0 aliphatic carbocycles. The fourth-order valence-electron chi connectivity index (χ4n) is 1.19. The van der Waals surface area contributed by atoms with Gasteiger partial charge in [-0.1, -0.05) is 13.0 Å². The molecule has 1 nitrogen and oxygen atoms in total. The van der Waals surface area contributed by atoms with Gasteiger partial charge in [0.25, 0.3) is 0 Å². The summed E-state index contributed by atoms with van der Waals surface area (Å²) < 4.78 is 0. The topological polar surface area (TPSA) is 12.0 Å². The van der Waals surface area contributed by atoms with Crippen molar-refractivity contribution in [1.82, 2.24) is 5.32 Å². The molecule has 0 radical (unpaired) electrons.